The summed E-state index contributed by atoms with van der Waals surface area (Å²) in [6, 6.07) is 6.33. The molecule has 1 amide bonds. The van der Waals surface area contributed by atoms with E-state index in [1.54, 1.807) is 26.0 Å². The van der Waals surface area contributed by atoms with E-state index in [1.807, 2.05) is 13.8 Å². The molecule has 0 bridgehead atoms. The fraction of sp³-hybridized carbons (Fsp3) is 0.562. The van der Waals surface area contributed by atoms with Crippen LogP contribution in [0.3, 0.4) is 0 Å². The summed E-state index contributed by atoms with van der Waals surface area (Å²) in [5, 5.41) is 2.92. The van der Waals surface area contributed by atoms with E-state index in [9.17, 15) is 13.2 Å². The van der Waals surface area contributed by atoms with Crippen LogP contribution in [0.1, 0.15) is 50.9 Å². The average molecular weight is 326 g/mol. The second kappa shape index (κ2) is 8.29. The molecule has 0 saturated heterocycles. The van der Waals surface area contributed by atoms with E-state index in [2.05, 4.69) is 5.32 Å². The molecule has 0 saturated carbocycles. The zero-order valence-corrected chi connectivity index (χ0v) is 14.6. The third-order valence-corrected chi connectivity index (χ3v) is 5.81. The van der Waals surface area contributed by atoms with Crippen molar-refractivity contribution in [2.75, 3.05) is 13.1 Å². The monoisotopic (exact) mass is 326 g/mol. The summed E-state index contributed by atoms with van der Waals surface area (Å²) in [4.78, 5) is 12.4. The highest BCUT2D eigenvalue weighted by atomic mass is 32.2. The van der Waals surface area contributed by atoms with Gasteiger partial charge in [-0.2, -0.15) is 4.31 Å². The number of rotatable bonds is 8. The van der Waals surface area contributed by atoms with Gasteiger partial charge in [0, 0.05) is 24.7 Å². The molecule has 1 rings (SSSR count). The Kier molecular flexibility index (Phi) is 7.03. The quantitative estimate of drug-likeness (QED) is 0.798. The van der Waals surface area contributed by atoms with Crippen molar-refractivity contribution in [1.82, 2.24) is 9.62 Å². The predicted molar refractivity (Wildman–Crippen MR) is 88.4 cm³/mol. The summed E-state index contributed by atoms with van der Waals surface area (Å²) >= 11 is 0. The fourth-order valence-electron chi connectivity index (χ4n) is 2.27. The largest absolute Gasteiger partial charge is 0.349 e. The first-order valence-corrected chi connectivity index (χ1v) is 9.25. The first-order chi connectivity index (χ1) is 10.4. The van der Waals surface area contributed by atoms with Gasteiger partial charge < -0.3 is 5.32 Å². The van der Waals surface area contributed by atoms with Crippen LogP contribution in [0.5, 0.6) is 0 Å². The van der Waals surface area contributed by atoms with Crippen molar-refractivity contribution in [3.8, 4) is 0 Å². The highest BCUT2D eigenvalue weighted by Gasteiger charge is 2.22. The first kappa shape index (κ1) is 18.6. The molecule has 0 unspecified atom stereocenters. The Hall–Kier alpha value is -1.40. The van der Waals surface area contributed by atoms with Gasteiger partial charge in [0.2, 0.25) is 10.0 Å². The SMILES string of the molecule is CCC(CC)NC(=O)c1cccc(S(=O)(=O)N(CC)CC)c1. The number of amides is 1. The Bertz CT molecular complexity index is 591. The Balaban J connectivity index is 3.07. The van der Waals surface area contributed by atoms with Gasteiger partial charge in [0.05, 0.1) is 4.90 Å². The Morgan fingerprint density at radius 2 is 1.73 bits per heavy atom. The highest BCUT2D eigenvalue weighted by Crippen LogP contribution is 2.17. The van der Waals surface area contributed by atoms with E-state index >= 15 is 0 Å². The summed E-state index contributed by atoms with van der Waals surface area (Å²) in [5.74, 6) is -0.231. The lowest BCUT2D eigenvalue weighted by Crippen LogP contribution is -2.34. The van der Waals surface area contributed by atoms with Gasteiger partial charge >= 0.3 is 0 Å². The molecule has 0 radical (unpaired) electrons. The Morgan fingerprint density at radius 1 is 1.14 bits per heavy atom. The van der Waals surface area contributed by atoms with Gasteiger partial charge in [-0.1, -0.05) is 33.8 Å². The predicted octanol–water partition coefficient (Wildman–Crippen LogP) is 2.64. The van der Waals surface area contributed by atoms with Gasteiger partial charge in [-0.3, -0.25) is 4.79 Å². The number of benzene rings is 1. The van der Waals surface area contributed by atoms with Crippen molar-refractivity contribution in [3.05, 3.63) is 29.8 Å². The van der Waals surface area contributed by atoms with Crippen molar-refractivity contribution in [2.45, 2.75) is 51.5 Å². The normalized spacial score (nSPS) is 11.9. The van der Waals surface area contributed by atoms with Gasteiger partial charge in [0.15, 0.2) is 0 Å². The summed E-state index contributed by atoms with van der Waals surface area (Å²) < 4.78 is 26.4. The van der Waals surface area contributed by atoms with Crippen molar-refractivity contribution in [3.63, 3.8) is 0 Å². The van der Waals surface area contributed by atoms with Crippen LogP contribution < -0.4 is 5.32 Å². The molecular weight excluding hydrogens is 300 g/mol. The zero-order valence-electron chi connectivity index (χ0n) is 13.8. The van der Waals surface area contributed by atoms with Crippen molar-refractivity contribution >= 4 is 15.9 Å². The van der Waals surface area contributed by atoms with E-state index in [0.717, 1.165) is 12.8 Å². The number of sulfonamides is 1. The lowest BCUT2D eigenvalue weighted by molar-refractivity contribution is 0.0934. The van der Waals surface area contributed by atoms with E-state index in [4.69, 9.17) is 0 Å². The van der Waals surface area contributed by atoms with Crippen LogP contribution in [0.2, 0.25) is 0 Å². The van der Waals surface area contributed by atoms with Crippen LogP contribution in [-0.2, 0) is 10.0 Å². The van der Waals surface area contributed by atoms with E-state index in [0.29, 0.717) is 18.7 Å². The number of hydrogen-bond donors (Lipinski definition) is 1. The van der Waals surface area contributed by atoms with E-state index < -0.39 is 10.0 Å². The fourth-order valence-corrected chi connectivity index (χ4v) is 3.78. The molecule has 22 heavy (non-hydrogen) atoms. The van der Waals surface area contributed by atoms with Crippen LogP contribution in [-0.4, -0.2) is 37.8 Å². The molecular formula is C16H26N2O3S. The number of carbonyl (C=O) groups excluding carboxylic acids is 1. The van der Waals surface area contributed by atoms with Crippen molar-refractivity contribution in [2.24, 2.45) is 0 Å². The summed E-state index contributed by atoms with van der Waals surface area (Å²) in [6.07, 6.45) is 1.69. The molecule has 1 N–H and O–H groups in total. The minimum Gasteiger partial charge on any atom is -0.349 e. The van der Waals surface area contributed by atoms with Crippen LogP contribution in [0, 0.1) is 0 Å². The Morgan fingerprint density at radius 3 is 2.23 bits per heavy atom. The topological polar surface area (TPSA) is 66.5 Å². The molecule has 0 fully saturated rings. The van der Waals surface area contributed by atoms with E-state index in [-0.39, 0.29) is 16.8 Å². The van der Waals surface area contributed by atoms with Crippen LogP contribution >= 0.6 is 0 Å². The highest BCUT2D eigenvalue weighted by molar-refractivity contribution is 7.89. The van der Waals surface area contributed by atoms with Crippen LogP contribution in [0.4, 0.5) is 0 Å². The minimum absolute atomic E-state index is 0.107. The maximum Gasteiger partial charge on any atom is 0.251 e. The number of carbonyl (C=O) groups is 1. The molecule has 5 nitrogen and oxygen atoms in total. The molecule has 1 aromatic carbocycles. The molecule has 124 valence electrons. The van der Waals surface area contributed by atoms with Gasteiger partial charge in [-0.05, 0) is 31.0 Å². The van der Waals surface area contributed by atoms with Crippen molar-refractivity contribution < 1.29 is 13.2 Å². The van der Waals surface area contributed by atoms with Gasteiger partial charge in [0.25, 0.3) is 5.91 Å². The molecule has 0 spiro atoms. The van der Waals surface area contributed by atoms with Crippen molar-refractivity contribution in [1.29, 1.82) is 0 Å². The van der Waals surface area contributed by atoms with E-state index in [1.165, 1.54) is 16.4 Å². The second-order valence-electron chi connectivity index (χ2n) is 5.10. The zero-order chi connectivity index (χ0) is 16.8. The van der Waals surface area contributed by atoms with Crippen LogP contribution in [0.15, 0.2) is 29.2 Å². The number of nitrogens with one attached hydrogen (secondary N) is 1. The standard InChI is InChI=1S/C16H26N2O3S/c1-5-14(6-2)17-16(19)13-10-9-11-15(12-13)22(20,21)18(7-3)8-4/h9-12,14H,5-8H2,1-4H3,(H,17,19). The number of nitrogens with zero attached hydrogens (tertiary/aromatic N) is 1. The number of hydrogen-bond acceptors (Lipinski definition) is 3. The van der Waals surface area contributed by atoms with Gasteiger partial charge in [-0.25, -0.2) is 8.42 Å². The molecule has 0 aromatic heterocycles. The third kappa shape index (κ3) is 4.30. The molecule has 1 aromatic rings. The molecule has 0 aliphatic carbocycles. The molecule has 0 atom stereocenters. The summed E-state index contributed by atoms with van der Waals surface area (Å²) in [6.45, 7) is 8.42. The third-order valence-electron chi connectivity index (χ3n) is 3.76. The van der Waals surface area contributed by atoms with Crippen LogP contribution in [0.25, 0.3) is 0 Å². The molecule has 0 aliphatic heterocycles. The van der Waals surface area contributed by atoms with Gasteiger partial charge in [0.1, 0.15) is 0 Å². The maximum atomic E-state index is 12.5. The lowest BCUT2D eigenvalue weighted by Gasteiger charge is -2.19. The lowest BCUT2D eigenvalue weighted by atomic mass is 10.1. The maximum absolute atomic E-state index is 12.5. The second-order valence-corrected chi connectivity index (χ2v) is 7.04. The molecule has 0 heterocycles. The Labute approximate surface area is 133 Å². The summed E-state index contributed by atoms with van der Waals surface area (Å²) in [5.41, 5.74) is 0.375. The van der Waals surface area contributed by atoms with Gasteiger partial charge in [-0.15, -0.1) is 0 Å². The summed E-state index contributed by atoms with van der Waals surface area (Å²) in [7, 11) is -3.54. The molecule has 0 aliphatic rings. The average Bonchev–Trinajstić information content (AvgIpc) is 2.53. The minimum atomic E-state index is -3.54. The molecule has 6 heteroatoms. The smallest absolute Gasteiger partial charge is 0.251 e. The first-order valence-electron chi connectivity index (χ1n) is 7.81.